The molecule has 0 aliphatic rings. The Labute approximate surface area is 112 Å². The van der Waals surface area contributed by atoms with Gasteiger partial charge in [0.2, 0.25) is 5.71 Å². The average molecular weight is 270 g/mol. The van der Waals surface area contributed by atoms with Gasteiger partial charge >= 0.3 is 5.63 Å². The highest BCUT2D eigenvalue weighted by Crippen LogP contribution is 2.21. The Bertz CT molecular complexity index is 910. The van der Waals surface area contributed by atoms with Crippen LogP contribution in [0.25, 0.3) is 16.8 Å². The highest BCUT2D eigenvalue weighted by atomic mass is 16.4. The van der Waals surface area contributed by atoms with Crippen molar-refractivity contribution >= 4 is 11.1 Å². The molecule has 0 aliphatic heterocycles. The zero-order chi connectivity index (χ0) is 14.3. The van der Waals surface area contributed by atoms with E-state index in [-0.39, 0.29) is 22.4 Å². The van der Waals surface area contributed by atoms with E-state index in [0.717, 1.165) is 0 Å². The van der Waals surface area contributed by atoms with Gasteiger partial charge in [-0.1, -0.05) is 18.2 Å². The standard InChI is InChI=1S/C14H10N2O4/c1-8-11(17)10-12(20-14(8)19)15-7-16(13(10)18)9-5-3-2-4-6-9/h2-7,17H,1H3. The number of para-hydroxylation sites is 1. The second-order valence-corrected chi connectivity index (χ2v) is 4.30. The van der Waals surface area contributed by atoms with E-state index in [9.17, 15) is 14.7 Å². The fourth-order valence-corrected chi connectivity index (χ4v) is 1.94. The van der Waals surface area contributed by atoms with Gasteiger partial charge in [-0.2, -0.15) is 0 Å². The van der Waals surface area contributed by atoms with E-state index >= 15 is 0 Å². The topological polar surface area (TPSA) is 85.3 Å². The molecule has 0 bridgehead atoms. The van der Waals surface area contributed by atoms with Crippen LogP contribution in [0.5, 0.6) is 5.75 Å². The average Bonchev–Trinajstić information content (AvgIpc) is 2.46. The summed E-state index contributed by atoms with van der Waals surface area (Å²) in [7, 11) is 0. The number of nitrogens with zero attached hydrogens (tertiary/aromatic N) is 2. The number of hydrogen-bond acceptors (Lipinski definition) is 5. The first-order valence-corrected chi connectivity index (χ1v) is 5.89. The van der Waals surface area contributed by atoms with E-state index in [2.05, 4.69) is 4.98 Å². The molecule has 1 aromatic carbocycles. The molecule has 3 aromatic rings. The predicted molar refractivity (Wildman–Crippen MR) is 72.3 cm³/mol. The minimum absolute atomic E-state index is 0.0118. The number of rotatable bonds is 1. The van der Waals surface area contributed by atoms with E-state index in [0.29, 0.717) is 5.69 Å². The molecule has 2 heterocycles. The second kappa shape index (κ2) is 4.34. The van der Waals surface area contributed by atoms with Crippen molar-refractivity contribution in [3.8, 4) is 11.4 Å². The van der Waals surface area contributed by atoms with Gasteiger partial charge in [-0.3, -0.25) is 9.36 Å². The summed E-state index contributed by atoms with van der Waals surface area (Å²) < 4.78 is 6.18. The third-order valence-electron chi connectivity index (χ3n) is 3.06. The highest BCUT2D eigenvalue weighted by molar-refractivity contribution is 5.80. The van der Waals surface area contributed by atoms with Crippen LogP contribution >= 0.6 is 0 Å². The summed E-state index contributed by atoms with van der Waals surface area (Å²) in [4.78, 5) is 27.8. The van der Waals surface area contributed by atoms with Crippen LogP contribution in [0.15, 0.2) is 50.7 Å². The number of aromatic nitrogens is 2. The van der Waals surface area contributed by atoms with Gasteiger partial charge in [0.1, 0.15) is 17.5 Å². The first kappa shape index (κ1) is 12.2. The van der Waals surface area contributed by atoms with Crippen molar-refractivity contribution in [2.24, 2.45) is 0 Å². The van der Waals surface area contributed by atoms with E-state index in [1.165, 1.54) is 17.8 Å². The SMILES string of the molecule is Cc1c(O)c2c(=O)n(-c3ccccc3)cnc2oc1=O. The van der Waals surface area contributed by atoms with Gasteiger partial charge in [-0.05, 0) is 19.1 Å². The fourth-order valence-electron chi connectivity index (χ4n) is 1.94. The van der Waals surface area contributed by atoms with E-state index in [1.807, 2.05) is 6.07 Å². The molecule has 0 saturated carbocycles. The van der Waals surface area contributed by atoms with Gasteiger partial charge in [0.05, 0.1) is 11.3 Å². The van der Waals surface area contributed by atoms with Crippen LogP contribution in [0.2, 0.25) is 0 Å². The molecule has 2 aromatic heterocycles. The van der Waals surface area contributed by atoms with Crippen molar-refractivity contribution in [2.45, 2.75) is 6.92 Å². The molecule has 6 heteroatoms. The van der Waals surface area contributed by atoms with Crippen LogP contribution in [0.4, 0.5) is 0 Å². The fraction of sp³-hybridized carbons (Fsp3) is 0.0714. The smallest absolute Gasteiger partial charge is 0.344 e. The lowest BCUT2D eigenvalue weighted by atomic mass is 10.2. The Kier molecular flexibility index (Phi) is 2.64. The Balaban J connectivity index is 2.43. The molecule has 0 saturated heterocycles. The summed E-state index contributed by atoms with van der Waals surface area (Å²) in [5.41, 5.74) is -0.780. The molecule has 0 fully saturated rings. The van der Waals surface area contributed by atoms with Gasteiger partial charge < -0.3 is 9.52 Å². The number of hydrogen-bond donors (Lipinski definition) is 1. The Morgan fingerprint density at radius 2 is 1.90 bits per heavy atom. The molecule has 20 heavy (non-hydrogen) atoms. The van der Waals surface area contributed by atoms with Crippen LogP contribution in [-0.4, -0.2) is 14.7 Å². The van der Waals surface area contributed by atoms with E-state index in [4.69, 9.17) is 4.42 Å². The predicted octanol–water partition coefficient (Wildman–Crippen LogP) is 1.35. The normalized spacial score (nSPS) is 10.8. The molecule has 3 rings (SSSR count). The van der Waals surface area contributed by atoms with Crippen molar-refractivity contribution in [2.75, 3.05) is 0 Å². The van der Waals surface area contributed by atoms with Crippen LogP contribution in [0.3, 0.4) is 0 Å². The quantitative estimate of drug-likeness (QED) is 0.721. The molecule has 0 aliphatic carbocycles. The molecular formula is C14H10N2O4. The molecule has 0 amide bonds. The summed E-state index contributed by atoms with van der Waals surface area (Å²) in [6.07, 6.45) is 1.26. The molecule has 0 unspecified atom stereocenters. The van der Waals surface area contributed by atoms with Crippen LogP contribution in [0.1, 0.15) is 5.56 Å². The molecule has 6 nitrogen and oxygen atoms in total. The zero-order valence-electron chi connectivity index (χ0n) is 10.5. The first-order chi connectivity index (χ1) is 9.59. The molecule has 1 N–H and O–H groups in total. The van der Waals surface area contributed by atoms with Crippen LogP contribution in [-0.2, 0) is 0 Å². The lowest BCUT2D eigenvalue weighted by molar-refractivity contribution is 0.458. The summed E-state index contributed by atoms with van der Waals surface area (Å²) in [6.45, 7) is 1.39. The maximum Gasteiger partial charge on any atom is 0.344 e. The minimum Gasteiger partial charge on any atom is -0.506 e. The summed E-state index contributed by atoms with van der Waals surface area (Å²) >= 11 is 0. The number of aromatic hydroxyl groups is 1. The van der Waals surface area contributed by atoms with Gasteiger partial charge in [0, 0.05) is 0 Å². The monoisotopic (exact) mass is 270 g/mol. The minimum atomic E-state index is -0.709. The van der Waals surface area contributed by atoms with Gasteiger partial charge in [0.25, 0.3) is 5.56 Å². The molecule has 0 spiro atoms. The van der Waals surface area contributed by atoms with Crippen molar-refractivity contribution in [3.63, 3.8) is 0 Å². The first-order valence-electron chi connectivity index (χ1n) is 5.89. The molecule has 0 radical (unpaired) electrons. The van der Waals surface area contributed by atoms with Crippen LogP contribution < -0.4 is 11.2 Å². The zero-order valence-corrected chi connectivity index (χ0v) is 10.5. The second-order valence-electron chi connectivity index (χ2n) is 4.30. The van der Waals surface area contributed by atoms with E-state index < -0.39 is 11.2 Å². The molecule has 100 valence electrons. The van der Waals surface area contributed by atoms with E-state index in [1.54, 1.807) is 24.3 Å². The Morgan fingerprint density at radius 3 is 2.60 bits per heavy atom. The van der Waals surface area contributed by atoms with Gasteiger partial charge in [0.15, 0.2) is 0 Å². The van der Waals surface area contributed by atoms with Crippen molar-refractivity contribution in [1.29, 1.82) is 0 Å². The Hall–Kier alpha value is -2.89. The number of benzene rings is 1. The highest BCUT2D eigenvalue weighted by Gasteiger charge is 2.16. The number of fused-ring (bicyclic) bond motifs is 1. The summed E-state index contributed by atoms with van der Waals surface area (Å²) in [5.74, 6) is -0.390. The van der Waals surface area contributed by atoms with Crippen molar-refractivity contribution < 1.29 is 9.52 Å². The van der Waals surface area contributed by atoms with Gasteiger partial charge in [-0.25, -0.2) is 9.78 Å². The lowest BCUT2D eigenvalue weighted by Crippen LogP contribution is -2.20. The van der Waals surface area contributed by atoms with Crippen LogP contribution in [0, 0.1) is 6.92 Å². The molecule has 0 atom stereocenters. The third-order valence-corrected chi connectivity index (χ3v) is 3.06. The van der Waals surface area contributed by atoms with Crippen molar-refractivity contribution in [3.05, 3.63) is 63.0 Å². The maximum absolute atomic E-state index is 12.4. The van der Waals surface area contributed by atoms with Crippen molar-refractivity contribution in [1.82, 2.24) is 9.55 Å². The molecular weight excluding hydrogens is 260 g/mol. The summed E-state index contributed by atoms with van der Waals surface area (Å²) in [6, 6.07) is 8.85. The third kappa shape index (κ3) is 1.70. The lowest BCUT2D eigenvalue weighted by Gasteiger charge is -2.07. The largest absolute Gasteiger partial charge is 0.506 e. The maximum atomic E-state index is 12.4. The van der Waals surface area contributed by atoms with Gasteiger partial charge in [-0.15, -0.1) is 0 Å². The Morgan fingerprint density at radius 1 is 1.20 bits per heavy atom. The summed E-state index contributed by atoms with van der Waals surface area (Å²) in [5, 5.41) is 9.87.